The van der Waals surface area contributed by atoms with Gasteiger partial charge in [-0.05, 0) is 61.4 Å². The Morgan fingerprint density at radius 2 is 1.66 bits per heavy atom. The molecule has 38 heavy (non-hydrogen) atoms. The summed E-state index contributed by atoms with van der Waals surface area (Å²) >= 11 is 0. The summed E-state index contributed by atoms with van der Waals surface area (Å²) in [4.78, 5) is 15.6. The molecule has 3 aromatic rings. The molecule has 0 bridgehead atoms. The number of Topliss-reactive ketones (excluding diaryl/α,β-unsaturated/α-hetero) is 1. The van der Waals surface area contributed by atoms with Crippen LogP contribution >= 0.6 is 0 Å². The first-order valence-electron chi connectivity index (χ1n) is 12.3. The van der Waals surface area contributed by atoms with Crippen LogP contribution in [0.15, 0.2) is 48.2 Å². The molecule has 0 amide bonds. The van der Waals surface area contributed by atoms with Crippen molar-refractivity contribution in [3.05, 3.63) is 76.0 Å². The largest absolute Gasteiger partial charge is 0.497 e. The third kappa shape index (κ3) is 4.75. The summed E-state index contributed by atoms with van der Waals surface area (Å²) in [6.07, 6.45) is 2.51. The van der Waals surface area contributed by atoms with Gasteiger partial charge in [-0.2, -0.15) is 0 Å². The van der Waals surface area contributed by atoms with Crippen molar-refractivity contribution in [3.63, 3.8) is 0 Å². The van der Waals surface area contributed by atoms with E-state index in [1.54, 1.807) is 46.6 Å². The molecule has 0 spiro atoms. The van der Waals surface area contributed by atoms with Crippen LogP contribution in [-0.4, -0.2) is 52.4 Å². The Morgan fingerprint density at radius 1 is 0.895 bits per heavy atom. The molecular weight excluding hydrogens is 486 g/mol. The van der Waals surface area contributed by atoms with Gasteiger partial charge < -0.3 is 28.4 Å². The third-order valence-corrected chi connectivity index (χ3v) is 6.89. The topological polar surface area (TPSA) is 75.7 Å². The Bertz CT molecular complexity index is 1410. The molecular formula is C30H31NO7. The first-order chi connectivity index (χ1) is 18.4. The fourth-order valence-corrected chi connectivity index (χ4v) is 4.86. The van der Waals surface area contributed by atoms with E-state index in [1.165, 1.54) is 0 Å². The Morgan fingerprint density at radius 3 is 2.39 bits per heavy atom. The van der Waals surface area contributed by atoms with E-state index in [0.29, 0.717) is 53.2 Å². The van der Waals surface area contributed by atoms with Crippen LogP contribution in [0.2, 0.25) is 0 Å². The first kappa shape index (κ1) is 25.5. The summed E-state index contributed by atoms with van der Waals surface area (Å²) in [6.45, 7) is 3.85. The number of rotatable bonds is 8. The highest BCUT2D eigenvalue weighted by molar-refractivity contribution is 6.15. The minimum Gasteiger partial charge on any atom is -0.497 e. The zero-order chi connectivity index (χ0) is 26.8. The van der Waals surface area contributed by atoms with Crippen molar-refractivity contribution in [1.82, 2.24) is 4.90 Å². The maximum atomic E-state index is 13.4. The van der Waals surface area contributed by atoms with Crippen molar-refractivity contribution in [2.24, 2.45) is 0 Å². The lowest BCUT2D eigenvalue weighted by Gasteiger charge is -2.30. The average Bonchev–Trinajstić information content (AvgIpc) is 3.26. The maximum Gasteiger partial charge on any atom is 0.231 e. The average molecular weight is 518 g/mol. The summed E-state index contributed by atoms with van der Waals surface area (Å²) in [6, 6.07) is 13.3. The molecule has 8 heteroatoms. The van der Waals surface area contributed by atoms with Gasteiger partial charge in [0.2, 0.25) is 5.78 Å². The van der Waals surface area contributed by atoms with Crippen molar-refractivity contribution < 1.29 is 33.2 Å². The minimum atomic E-state index is -0.168. The van der Waals surface area contributed by atoms with Gasteiger partial charge >= 0.3 is 0 Å². The number of ether oxygens (including phenoxy) is 6. The zero-order valence-corrected chi connectivity index (χ0v) is 22.3. The molecule has 0 unspecified atom stereocenters. The number of methoxy groups -OCH3 is 4. The predicted octanol–water partition coefficient (Wildman–Crippen LogP) is 5.04. The monoisotopic (exact) mass is 517 g/mol. The molecule has 3 aromatic carbocycles. The maximum absolute atomic E-state index is 13.4. The highest BCUT2D eigenvalue weighted by atomic mass is 16.5. The molecule has 2 heterocycles. The van der Waals surface area contributed by atoms with Crippen molar-refractivity contribution in [1.29, 1.82) is 0 Å². The number of nitrogens with zero attached hydrogens (tertiary/aromatic N) is 1. The second kappa shape index (κ2) is 10.7. The van der Waals surface area contributed by atoms with Crippen molar-refractivity contribution in [2.45, 2.75) is 19.9 Å². The standard InChI is InChI=1S/C30H31NO7/c1-18-29-21(16-31(17-37-29)11-10-19-6-8-25(35-4)26(12-19)36-5)14-23-28(32)27(38-30(18)23)15-20-13-22(33-2)7-9-24(20)34-3/h6-9,12-15H,10-11,16-17H2,1-5H3/b27-15-. The number of hydrogen-bond acceptors (Lipinski definition) is 8. The Kier molecular flexibility index (Phi) is 7.15. The lowest BCUT2D eigenvalue weighted by atomic mass is 9.99. The molecule has 0 radical (unpaired) electrons. The normalized spacial score (nSPS) is 15.4. The zero-order valence-electron chi connectivity index (χ0n) is 22.3. The van der Waals surface area contributed by atoms with Gasteiger partial charge in [0.25, 0.3) is 0 Å². The number of carbonyl (C=O) groups excluding carboxylic acids is 1. The van der Waals surface area contributed by atoms with E-state index < -0.39 is 0 Å². The molecule has 8 nitrogen and oxygen atoms in total. The highest BCUT2D eigenvalue weighted by Crippen LogP contribution is 2.43. The van der Waals surface area contributed by atoms with Crippen LogP contribution in [-0.2, 0) is 13.0 Å². The number of fused-ring (bicyclic) bond motifs is 2. The molecule has 0 saturated heterocycles. The number of hydrogen-bond donors (Lipinski definition) is 0. The Hall–Kier alpha value is -4.17. The molecule has 0 atom stereocenters. The number of ketones is 1. The van der Waals surface area contributed by atoms with Crippen molar-refractivity contribution in [2.75, 3.05) is 41.7 Å². The van der Waals surface area contributed by atoms with E-state index in [9.17, 15) is 4.79 Å². The lowest BCUT2D eigenvalue weighted by Crippen LogP contribution is -2.34. The highest BCUT2D eigenvalue weighted by Gasteiger charge is 2.33. The molecule has 2 aliphatic rings. The summed E-state index contributed by atoms with van der Waals surface area (Å²) in [5, 5.41) is 0. The van der Waals surface area contributed by atoms with Crippen LogP contribution in [0.1, 0.15) is 32.6 Å². The van der Waals surface area contributed by atoms with Gasteiger partial charge in [-0.15, -0.1) is 0 Å². The van der Waals surface area contributed by atoms with E-state index in [0.717, 1.165) is 35.4 Å². The van der Waals surface area contributed by atoms with Crippen LogP contribution in [0, 0.1) is 6.92 Å². The first-order valence-corrected chi connectivity index (χ1v) is 12.3. The molecule has 0 N–H and O–H groups in total. The van der Waals surface area contributed by atoms with Gasteiger partial charge in [-0.3, -0.25) is 9.69 Å². The van der Waals surface area contributed by atoms with Gasteiger partial charge in [0.05, 0.1) is 34.0 Å². The summed E-state index contributed by atoms with van der Waals surface area (Å²) in [5.41, 5.74) is 4.18. The van der Waals surface area contributed by atoms with E-state index in [2.05, 4.69) is 4.90 Å². The number of allylic oxidation sites excluding steroid dienone is 1. The molecule has 0 fully saturated rings. The minimum absolute atomic E-state index is 0.168. The van der Waals surface area contributed by atoms with E-state index in [4.69, 9.17) is 28.4 Å². The Labute approximate surface area is 222 Å². The van der Waals surface area contributed by atoms with Gasteiger partial charge in [0.1, 0.15) is 29.7 Å². The van der Waals surface area contributed by atoms with E-state index in [-0.39, 0.29) is 11.5 Å². The van der Waals surface area contributed by atoms with Crippen LogP contribution in [0.3, 0.4) is 0 Å². The fraction of sp³-hybridized carbons (Fsp3) is 0.300. The van der Waals surface area contributed by atoms with Crippen LogP contribution in [0.5, 0.6) is 34.5 Å². The van der Waals surface area contributed by atoms with Crippen molar-refractivity contribution in [3.8, 4) is 34.5 Å². The molecule has 0 aliphatic carbocycles. The van der Waals surface area contributed by atoms with E-state index >= 15 is 0 Å². The van der Waals surface area contributed by atoms with Crippen molar-refractivity contribution >= 4 is 11.9 Å². The summed E-state index contributed by atoms with van der Waals surface area (Å²) in [7, 11) is 6.44. The predicted molar refractivity (Wildman–Crippen MR) is 143 cm³/mol. The molecule has 0 aromatic heterocycles. The number of benzene rings is 3. The fourth-order valence-electron chi connectivity index (χ4n) is 4.86. The quantitative estimate of drug-likeness (QED) is 0.385. The third-order valence-electron chi connectivity index (χ3n) is 6.89. The molecule has 5 rings (SSSR count). The SMILES string of the molecule is COc1ccc(OC)c(/C=C2\Oc3c(cc4c(c3C)OCN(CCc3ccc(OC)c(OC)c3)C4)C2=O)c1. The van der Waals surface area contributed by atoms with Crippen LogP contribution < -0.4 is 28.4 Å². The smallest absolute Gasteiger partial charge is 0.231 e. The van der Waals surface area contributed by atoms with Crippen LogP contribution in [0.25, 0.3) is 6.08 Å². The number of carbonyl (C=O) groups is 1. The van der Waals surface area contributed by atoms with Gasteiger partial charge in [-0.25, -0.2) is 0 Å². The van der Waals surface area contributed by atoms with Gasteiger partial charge in [0, 0.05) is 29.8 Å². The molecule has 198 valence electrons. The van der Waals surface area contributed by atoms with Crippen LogP contribution in [0.4, 0.5) is 0 Å². The summed E-state index contributed by atoms with van der Waals surface area (Å²) in [5.74, 6) is 4.09. The van der Waals surface area contributed by atoms with Gasteiger partial charge in [-0.1, -0.05) is 6.07 Å². The summed E-state index contributed by atoms with van der Waals surface area (Å²) < 4.78 is 33.8. The van der Waals surface area contributed by atoms with Gasteiger partial charge in [0.15, 0.2) is 17.3 Å². The second-order valence-electron chi connectivity index (χ2n) is 9.18. The lowest BCUT2D eigenvalue weighted by molar-refractivity contribution is 0.0953. The molecule has 0 saturated carbocycles. The molecule has 2 aliphatic heterocycles. The van der Waals surface area contributed by atoms with E-state index in [1.807, 2.05) is 37.3 Å². The Balaban J connectivity index is 1.35. The second-order valence-corrected chi connectivity index (χ2v) is 9.18.